The van der Waals surface area contributed by atoms with Crippen LogP contribution in [0.5, 0.6) is 0 Å². The van der Waals surface area contributed by atoms with Crippen LogP contribution in [0.2, 0.25) is 0 Å². The molecule has 9 nitrogen and oxygen atoms in total. The van der Waals surface area contributed by atoms with Gasteiger partial charge in [-0.3, -0.25) is 19.4 Å². The van der Waals surface area contributed by atoms with E-state index in [0.717, 1.165) is 75.5 Å². The normalized spacial score (nSPS) is 22.8. The Labute approximate surface area is 372 Å². The van der Waals surface area contributed by atoms with E-state index >= 15 is 0 Å². The number of fused-ring (bicyclic) bond motifs is 6. The van der Waals surface area contributed by atoms with Crippen molar-refractivity contribution >= 4 is 61.7 Å². The van der Waals surface area contributed by atoms with Crippen LogP contribution in [0.4, 0.5) is 14.5 Å². The largest absolute Gasteiger partial charge is 0.340 e. The summed E-state index contributed by atoms with van der Waals surface area (Å²) in [5, 5.41) is 7.25. The van der Waals surface area contributed by atoms with Gasteiger partial charge in [0, 0.05) is 55.3 Å². The molecular weight excluding hydrogens is 807 g/mol. The number of nitrogens with zero attached hydrogens (tertiary/aromatic N) is 4. The number of halogens is 2. The Hall–Kier alpha value is -5.97. The van der Waals surface area contributed by atoms with Gasteiger partial charge in [0.1, 0.15) is 11.9 Å². The molecule has 1 aromatic heterocycles. The lowest BCUT2D eigenvalue weighted by Gasteiger charge is -2.35. The lowest BCUT2D eigenvalue weighted by atomic mass is 9.80. The van der Waals surface area contributed by atoms with Crippen LogP contribution in [-0.2, 0) is 20.8 Å². The predicted molar refractivity (Wildman–Crippen MR) is 248 cm³/mol. The molecule has 3 amide bonds. The summed E-state index contributed by atoms with van der Waals surface area (Å²) in [6.07, 6.45) is 2.27. The number of aromatic nitrogens is 2. The van der Waals surface area contributed by atoms with Gasteiger partial charge in [-0.15, -0.1) is 0 Å². The molecule has 0 spiro atoms. The summed E-state index contributed by atoms with van der Waals surface area (Å²) < 4.78 is 27.5. The van der Waals surface area contributed by atoms with Crippen LogP contribution in [-0.4, -0.2) is 68.3 Å². The van der Waals surface area contributed by atoms with Gasteiger partial charge in [0.05, 0.1) is 28.8 Å². The van der Waals surface area contributed by atoms with Crippen molar-refractivity contribution in [2.24, 2.45) is 34.6 Å². The Morgan fingerprint density at radius 3 is 2.22 bits per heavy atom. The zero-order valence-electron chi connectivity index (χ0n) is 37.2. The third-order valence-electron chi connectivity index (χ3n) is 14.8. The molecule has 10 rings (SSSR count). The topological polar surface area (TPSA) is 111 Å². The molecule has 3 fully saturated rings. The average Bonchev–Trinajstić information content (AvgIpc) is 4.11. The third kappa shape index (κ3) is 7.54. The van der Waals surface area contributed by atoms with Crippen molar-refractivity contribution in [3.63, 3.8) is 0 Å². The second kappa shape index (κ2) is 16.2. The number of alkyl halides is 2. The highest BCUT2D eigenvalue weighted by Crippen LogP contribution is 2.44. The van der Waals surface area contributed by atoms with Crippen LogP contribution in [0.15, 0.2) is 96.0 Å². The van der Waals surface area contributed by atoms with E-state index in [0.29, 0.717) is 30.3 Å². The van der Waals surface area contributed by atoms with Crippen molar-refractivity contribution in [3.8, 4) is 11.1 Å². The van der Waals surface area contributed by atoms with E-state index in [1.165, 1.54) is 10.9 Å². The maximum absolute atomic E-state index is 14.6. The van der Waals surface area contributed by atoms with Crippen LogP contribution < -0.4 is 5.32 Å². The number of rotatable bonds is 10. The fraction of sp³-hybridized carbons (Fsp3) is 0.415. The summed E-state index contributed by atoms with van der Waals surface area (Å²) in [6.45, 7) is 11.9. The van der Waals surface area contributed by atoms with E-state index in [1.807, 2.05) is 36.1 Å². The Morgan fingerprint density at radius 1 is 0.828 bits per heavy atom. The first-order valence-corrected chi connectivity index (χ1v) is 23.1. The highest BCUT2D eigenvalue weighted by molar-refractivity contribution is 6.07. The van der Waals surface area contributed by atoms with Gasteiger partial charge in [0.2, 0.25) is 23.6 Å². The smallest absolute Gasteiger partial charge is 0.250 e. The van der Waals surface area contributed by atoms with Gasteiger partial charge in [0.15, 0.2) is 0 Å². The molecule has 2 saturated heterocycles. The Morgan fingerprint density at radius 2 is 1.52 bits per heavy atom. The zero-order chi connectivity index (χ0) is 44.6. The molecule has 4 aliphatic rings. The van der Waals surface area contributed by atoms with Crippen LogP contribution in [0.25, 0.3) is 43.7 Å². The summed E-state index contributed by atoms with van der Waals surface area (Å²) in [5.74, 6) is -2.60. The fourth-order valence-electron chi connectivity index (χ4n) is 10.7. The number of hydrogen-bond donors (Lipinski definition) is 2. The van der Waals surface area contributed by atoms with E-state index in [-0.39, 0.29) is 41.7 Å². The Kier molecular flexibility index (Phi) is 10.7. The number of nitrogens with one attached hydrogen (secondary N) is 2. The van der Waals surface area contributed by atoms with Gasteiger partial charge in [-0.2, -0.15) is 0 Å². The van der Waals surface area contributed by atoms with Gasteiger partial charge in [0.25, 0.3) is 0 Å². The van der Waals surface area contributed by atoms with Gasteiger partial charge in [-0.05, 0) is 93.3 Å². The predicted octanol–water partition coefficient (Wildman–Crippen LogP) is 10.9. The molecule has 3 aliphatic heterocycles. The molecule has 0 radical (unpaired) electrons. The number of H-pyrrole nitrogens is 1. The molecule has 2 N–H and O–H groups in total. The summed E-state index contributed by atoms with van der Waals surface area (Å²) in [6, 6.07) is 29.3. The first-order chi connectivity index (χ1) is 30.7. The zero-order valence-corrected chi connectivity index (χ0v) is 37.2. The van der Waals surface area contributed by atoms with E-state index in [1.54, 1.807) is 12.1 Å². The van der Waals surface area contributed by atoms with E-state index in [9.17, 15) is 23.2 Å². The minimum absolute atomic E-state index is 0.0213. The molecule has 64 heavy (non-hydrogen) atoms. The number of carbonyl (C=O) groups excluding carboxylic acids is 3. The second-order valence-corrected chi connectivity index (χ2v) is 19.5. The van der Waals surface area contributed by atoms with Crippen molar-refractivity contribution in [1.82, 2.24) is 25.1 Å². The van der Waals surface area contributed by atoms with Crippen molar-refractivity contribution in [1.29, 1.82) is 0 Å². The van der Waals surface area contributed by atoms with Gasteiger partial charge in [-0.1, -0.05) is 108 Å². The standard InChI is InChI=1S/C53H56F2N6O3/c1-6-32-21-46(61(28-32)52(64)47(33-10-8-7-9-11-33)59-50(62)38-25-53(54,55)26-38)49-57-43-19-15-37-23-35(13-17-40(37)48(43)58-49)34-12-16-39-36(22-34)14-18-42-41(39)24-44(56-42)45-20-30(4)27-60(45)51(63)31(5)29(2)3/h7-19,22-23,29-32,38,45-47H,6,20-21,24-28H2,1-5H3,(H,57,58)(H,59,62)/t30-,31-,32-,45-,46-,47+/m0/s1. The highest BCUT2D eigenvalue weighted by atomic mass is 19.3. The maximum Gasteiger partial charge on any atom is 0.250 e. The van der Waals surface area contributed by atoms with Crippen molar-refractivity contribution < 1.29 is 23.2 Å². The molecule has 6 atom stereocenters. The number of aromatic amines is 1. The molecule has 330 valence electrons. The van der Waals surface area contributed by atoms with Gasteiger partial charge in [-0.25, -0.2) is 13.8 Å². The number of imidazole rings is 1. The van der Waals surface area contributed by atoms with Crippen LogP contribution >= 0.6 is 0 Å². The molecule has 0 unspecified atom stereocenters. The Balaban J connectivity index is 0.901. The van der Waals surface area contributed by atoms with E-state index in [4.69, 9.17) is 9.98 Å². The molecule has 4 heterocycles. The SMILES string of the molecule is CC[C@H]1C[C@@H](c2nc3c(ccc4cc(-c5ccc6c7c(ccc6c5)N=C([C@@H]5C[C@H](C)CN5C(=O)[C@@H](C)C(C)C)C7)ccc43)[nH]2)N(C(=O)[C@H](NC(=O)C2CC(F)(F)C2)c2ccccc2)C1. The number of aliphatic imine (C=N–C) groups is 1. The summed E-state index contributed by atoms with van der Waals surface area (Å²) in [5.41, 5.74) is 7.84. The lowest BCUT2D eigenvalue weighted by molar-refractivity contribution is -0.153. The fourth-order valence-corrected chi connectivity index (χ4v) is 10.7. The molecular formula is C53H56F2N6O3. The maximum atomic E-state index is 14.6. The van der Waals surface area contributed by atoms with Crippen molar-refractivity contribution in [2.75, 3.05) is 13.1 Å². The average molecular weight is 863 g/mol. The van der Waals surface area contributed by atoms with Crippen LogP contribution in [0, 0.1) is 29.6 Å². The Bertz CT molecular complexity index is 2850. The molecule has 6 aromatic rings. The number of carbonyl (C=O) groups is 3. The van der Waals surface area contributed by atoms with Gasteiger partial charge < -0.3 is 20.1 Å². The number of likely N-dealkylation sites (tertiary alicyclic amines) is 2. The number of amides is 3. The van der Waals surface area contributed by atoms with Crippen molar-refractivity contribution in [2.45, 2.75) is 97.2 Å². The van der Waals surface area contributed by atoms with Gasteiger partial charge >= 0.3 is 0 Å². The molecule has 0 bridgehead atoms. The first-order valence-electron chi connectivity index (χ1n) is 23.1. The number of benzene rings is 5. The first kappa shape index (κ1) is 42.0. The molecule has 1 saturated carbocycles. The van der Waals surface area contributed by atoms with Crippen molar-refractivity contribution in [3.05, 3.63) is 108 Å². The minimum atomic E-state index is -2.85. The summed E-state index contributed by atoms with van der Waals surface area (Å²) in [7, 11) is 0. The van der Waals surface area contributed by atoms with Crippen LogP contribution in [0.1, 0.15) is 95.8 Å². The lowest BCUT2D eigenvalue weighted by Crippen LogP contribution is -2.49. The summed E-state index contributed by atoms with van der Waals surface area (Å²) in [4.78, 5) is 59.1. The highest BCUT2D eigenvalue weighted by Gasteiger charge is 2.50. The number of hydrogen-bond acceptors (Lipinski definition) is 5. The van der Waals surface area contributed by atoms with Crippen LogP contribution in [0.3, 0.4) is 0 Å². The monoisotopic (exact) mass is 862 g/mol. The molecule has 1 aliphatic carbocycles. The third-order valence-corrected chi connectivity index (χ3v) is 14.8. The second-order valence-electron chi connectivity index (χ2n) is 19.5. The minimum Gasteiger partial charge on any atom is -0.340 e. The van der Waals surface area contributed by atoms with E-state index in [2.05, 4.69) is 97.5 Å². The van der Waals surface area contributed by atoms with E-state index < -0.39 is 36.6 Å². The molecule has 11 heteroatoms. The summed E-state index contributed by atoms with van der Waals surface area (Å²) >= 11 is 0. The molecule has 5 aromatic carbocycles. The quantitative estimate of drug-likeness (QED) is 0.143.